The van der Waals surface area contributed by atoms with E-state index in [2.05, 4.69) is 6.92 Å². The van der Waals surface area contributed by atoms with Crippen LogP contribution in [0.25, 0.3) is 0 Å². The molecule has 0 spiro atoms. The standard InChI is InChI=1S/C20H20ClO4/c1-12(2)19(22)24-17-10-9-16(14(4)21)11-18(17)25-20(23)15-7-5-13(3)6-8-15/h5-12,14H,4H2,1-3H3. The second-order valence-corrected chi connectivity index (χ2v) is 6.53. The third-order valence-corrected chi connectivity index (χ3v) is 3.75. The van der Waals surface area contributed by atoms with E-state index < -0.39 is 17.3 Å². The average Bonchev–Trinajstić information content (AvgIpc) is 2.56. The monoisotopic (exact) mass is 359 g/mol. The second kappa shape index (κ2) is 8.17. The molecule has 0 saturated heterocycles. The van der Waals surface area contributed by atoms with Gasteiger partial charge in [0.05, 0.1) is 16.9 Å². The predicted molar refractivity (Wildman–Crippen MR) is 97.0 cm³/mol. The number of rotatable bonds is 5. The molecule has 0 N–H and O–H groups in total. The Bertz CT molecular complexity index is 764. The molecular weight excluding hydrogens is 340 g/mol. The molecule has 131 valence electrons. The highest BCUT2D eigenvalue weighted by Crippen LogP contribution is 2.33. The fraction of sp³-hybridized carbons (Fsp3) is 0.250. The smallest absolute Gasteiger partial charge is 0.343 e. The molecule has 0 aromatic heterocycles. The van der Waals surface area contributed by atoms with Crippen molar-refractivity contribution in [1.29, 1.82) is 0 Å². The molecule has 2 aromatic rings. The van der Waals surface area contributed by atoms with Gasteiger partial charge in [-0.25, -0.2) is 4.79 Å². The maximum atomic E-state index is 12.4. The van der Waals surface area contributed by atoms with Crippen LogP contribution in [0.2, 0.25) is 0 Å². The fourth-order valence-electron chi connectivity index (χ4n) is 1.96. The number of alkyl halides is 1. The highest BCUT2D eigenvalue weighted by molar-refractivity contribution is 6.21. The summed E-state index contributed by atoms with van der Waals surface area (Å²) in [5.41, 5.74) is 2.08. The van der Waals surface area contributed by atoms with E-state index in [0.717, 1.165) is 5.56 Å². The summed E-state index contributed by atoms with van der Waals surface area (Å²) in [6, 6.07) is 11.8. The molecule has 2 aromatic carbocycles. The quantitative estimate of drug-likeness (QED) is 0.433. The Morgan fingerprint density at radius 2 is 1.64 bits per heavy atom. The van der Waals surface area contributed by atoms with Gasteiger partial charge in [-0.1, -0.05) is 37.6 Å². The number of carbonyl (C=O) groups excluding carboxylic acids is 2. The molecule has 25 heavy (non-hydrogen) atoms. The molecule has 1 radical (unpaired) electrons. The summed E-state index contributed by atoms with van der Waals surface area (Å²) in [5, 5.41) is -0.522. The van der Waals surface area contributed by atoms with Gasteiger partial charge in [0.2, 0.25) is 0 Å². The Labute approximate surface area is 152 Å². The van der Waals surface area contributed by atoms with E-state index in [9.17, 15) is 9.59 Å². The molecule has 0 fully saturated rings. The number of hydrogen-bond acceptors (Lipinski definition) is 4. The first-order valence-electron chi connectivity index (χ1n) is 7.89. The molecule has 0 bridgehead atoms. The summed E-state index contributed by atoms with van der Waals surface area (Å²) in [6.45, 7) is 9.10. The Hall–Kier alpha value is -2.33. The topological polar surface area (TPSA) is 52.6 Å². The van der Waals surface area contributed by atoms with E-state index in [0.29, 0.717) is 11.1 Å². The lowest BCUT2D eigenvalue weighted by atomic mass is 10.1. The normalized spacial score (nSPS) is 11.9. The van der Waals surface area contributed by atoms with Gasteiger partial charge in [-0.05, 0) is 43.7 Å². The summed E-state index contributed by atoms with van der Waals surface area (Å²) in [4.78, 5) is 24.2. The summed E-state index contributed by atoms with van der Waals surface area (Å²) >= 11 is 6.00. The Kier molecular flexibility index (Phi) is 6.21. The zero-order chi connectivity index (χ0) is 18.6. The number of esters is 2. The van der Waals surface area contributed by atoms with E-state index in [1.807, 2.05) is 19.1 Å². The SMILES string of the molecule is [CH2]C(Cl)c1ccc(OC(=O)C(C)C)c(OC(=O)c2ccc(C)cc2)c1. The molecule has 0 saturated carbocycles. The minimum atomic E-state index is -0.547. The number of benzene rings is 2. The summed E-state index contributed by atoms with van der Waals surface area (Å²) in [6.07, 6.45) is 0. The van der Waals surface area contributed by atoms with Crippen LogP contribution in [-0.4, -0.2) is 11.9 Å². The van der Waals surface area contributed by atoms with Crippen molar-refractivity contribution < 1.29 is 19.1 Å². The average molecular weight is 360 g/mol. The predicted octanol–water partition coefficient (Wildman–Crippen LogP) is 4.89. The molecule has 0 aliphatic rings. The molecule has 5 heteroatoms. The van der Waals surface area contributed by atoms with Crippen molar-refractivity contribution in [2.24, 2.45) is 5.92 Å². The lowest BCUT2D eigenvalue weighted by Crippen LogP contribution is -2.16. The molecule has 0 aliphatic heterocycles. The van der Waals surface area contributed by atoms with E-state index >= 15 is 0 Å². The van der Waals surface area contributed by atoms with Gasteiger partial charge >= 0.3 is 11.9 Å². The van der Waals surface area contributed by atoms with Crippen LogP contribution in [0.3, 0.4) is 0 Å². The Morgan fingerprint density at radius 1 is 1.00 bits per heavy atom. The number of carbonyl (C=O) groups is 2. The van der Waals surface area contributed by atoms with E-state index in [1.165, 1.54) is 0 Å². The lowest BCUT2D eigenvalue weighted by Gasteiger charge is -2.14. The van der Waals surface area contributed by atoms with Crippen LogP contribution < -0.4 is 9.47 Å². The van der Waals surface area contributed by atoms with Crippen LogP contribution in [0.1, 0.15) is 40.7 Å². The maximum absolute atomic E-state index is 12.4. The zero-order valence-corrected chi connectivity index (χ0v) is 15.2. The number of aryl methyl sites for hydroxylation is 1. The summed E-state index contributed by atoms with van der Waals surface area (Å²) in [7, 11) is 0. The molecule has 1 atom stereocenters. The van der Waals surface area contributed by atoms with Crippen molar-refractivity contribution in [2.75, 3.05) is 0 Å². The van der Waals surface area contributed by atoms with Crippen LogP contribution >= 0.6 is 11.6 Å². The first kappa shape index (κ1) is 19.0. The van der Waals surface area contributed by atoms with Gasteiger partial charge in [-0.15, -0.1) is 11.6 Å². The fourth-order valence-corrected chi connectivity index (χ4v) is 2.09. The molecule has 0 aliphatic carbocycles. The highest BCUT2D eigenvalue weighted by Gasteiger charge is 2.18. The third-order valence-electron chi connectivity index (χ3n) is 3.50. The van der Waals surface area contributed by atoms with Crippen molar-refractivity contribution in [1.82, 2.24) is 0 Å². The summed E-state index contributed by atoms with van der Waals surface area (Å²) < 4.78 is 10.8. The number of ether oxygens (including phenoxy) is 2. The maximum Gasteiger partial charge on any atom is 0.343 e. The molecule has 0 amide bonds. The van der Waals surface area contributed by atoms with Crippen LogP contribution in [0.4, 0.5) is 0 Å². The molecule has 2 rings (SSSR count). The van der Waals surface area contributed by atoms with E-state index in [4.69, 9.17) is 21.1 Å². The van der Waals surface area contributed by atoms with Crippen LogP contribution in [-0.2, 0) is 4.79 Å². The molecule has 0 heterocycles. The van der Waals surface area contributed by atoms with Gasteiger partial charge in [0.25, 0.3) is 0 Å². The third kappa shape index (κ3) is 5.07. The van der Waals surface area contributed by atoms with Gasteiger partial charge in [0.15, 0.2) is 11.5 Å². The van der Waals surface area contributed by atoms with Crippen molar-refractivity contribution >= 4 is 23.5 Å². The Morgan fingerprint density at radius 3 is 2.20 bits per heavy atom. The molecule has 4 nitrogen and oxygen atoms in total. The van der Waals surface area contributed by atoms with Crippen LogP contribution in [0, 0.1) is 19.8 Å². The van der Waals surface area contributed by atoms with Gasteiger partial charge in [0.1, 0.15) is 0 Å². The first-order valence-corrected chi connectivity index (χ1v) is 8.33. The number of halogens is 1. The van der Waals surface area contributed by atoms with Gasteiger partial charge in [-0.2, -0.15) is 0 Å². The molecular formula is C20H20ClO4. The largest absolute Gasteiger partial charge is 0.422 e. The van der Waals surface area contributed by atoms with E-state index in [-0.39, 0.29) is 17.4 Å². The Balaban J connectivity index is 2.31. The summed E-state index contributed by atoms with van der Waals surface area (Å²) in [5.74, 6) is -0.979. The van der Waals surface area contributed by atoms with Gasteiger partial charge in [0, 0.05) is 0 Å². The van der Waals surface area contributed by atoms with Gasteiger partial charge in [-0.3, -0.25) is 4.79 Å². The highest BCUT2D eigenvalue weighted by atomic mass is 35.5. The minimum Gasteiger partial charge on any atom is -0.422 e. The lowest BCUT2D eigenvalue weighted by molar-refractivity contribution is -0.137. The van der Waals surface area contributed by atoms with Gasteiger partial charge < -0.3 is 9.47 Å². The minimum absolute atomic E-state index is 0.131. The first-order chi connectivity index (χ1) is 11.8. The molecule has 1 unspecified atom stereocenters. The van der Waals surface area contributed by atoms with Crippen molar-refractivity contribution in [3.8, 4) is 11.5 Å². The van der Waals surface area contributed by atoms with Crippen molar-refractivity contribution in [3.05, 3.63) is 66.1 Å². The van der Waals surface area contributed by atoms with Crippen molar-refractivity contribution in [2.45, 2.75) is 26.1 Å². The van der Waals surface area contributed by atoms with E-state index in [1.54, 1.807) is 44.2 Å². The zero-order valence-electron chi connectivity index (χ0n) is 14.4. The second-order valence-electron chi connectivity index (χ2n) is 6.01. The van der Waals surface area contributed by atoms with Crippen molar-refractivity contribution in [3.63, 3.8) is 0 Å². The van der Waals surface area contributed by atoms with Crippen LogP contribution in [0.15, 0.2) is 42.5 Å². The number of hydrogen-bond donors (Lipinski definition) is 0. The van der Waals surface area contributed by atoms with Crippen LogP contribution in [0.5, 0.6) is 11.5 Å².